The molecule has 0 rings (SSSR count). The summed E-state index contributed by atoms with van der Waals surface area (Å²) in [5, 5.41) is 0. The Morgan fingerprint density at radius 1 is 0.786 bits per heavy atom. The van der Waals surface area contributed by atoms with E-state index in [9.17, 15) is 0 Å². The van der Waals surface area contributed by atoms with Gasteiger partial charge in [-0.25, -0.2) is 0 Å². The molecule has 0 spiro atoms. The minimum Gasteiger partial charge on any atom is -0.179 e. The van der Waals surface area contributed by atoms with E-state index in [4.69, 9.17) is 0 Å². The Labute approximate surface area is 98.9 Å². The highest BCUT2D eigenvalue weighted by molar-refractivity contribution is 7.80. The van der Waals surface area contributed by atoms with E-state index in [1.54, 1.807) is 0 Å². The number of thiol groups is 1. The fourth-order valence-corrected chi connectivity index (χ4v) is 40.0. The van der Waals surface area contributed by atoms with Crippen LogP contribution >= 0.6 is 12.6 Å². The first-order valence-corrected chi connectivity index (χ1v) is 18.0. The van der Waals surface area contributed by atoms with Crippen LogP contribution in [0.4, 0.5) is 0 Å². The second-order valence-electron chi connectivity index (χ2n) is 6.66. The summed E-state index contributed by atoms with van der Waals surface area (Å²) in [4.78, 5) is 0. The van der Waals surface area contributed by atoms with Gasteiger partial charge in [-0.05, 0) is 12.2 Å². The van der Waals surface area contributed by atoms with E-state index in [-0.39, 0.29) is 0 Å². The maximum absolute atomic E-state index is 4.38. The average Bonchev–Trinajstić information content (AvgIpc) is 1.95. The molecular formula is C10H28SSi3. The molecule has 0 saturated heterocycles. The molecule has 0 aromatic carbocycles. The minimum atomic E-state index is -0.945. The van der Waals surface area contributed by atoms with E-state index in [0.29, 0.717) is 0 Å². The molecule has 0 aromatic heterocycles. The molecule has 0 heterocycles. The third-order valence-corrected chi connectivity index (χ3v) is 47.3. The molecule has 0 nitrogen and oxygen atoms in total. The Balaban J connectivity index is 4.87. The van der Waals surface area contributed by atoms with Crippen LogP contribution in [0.1, 0.15) is 6.42 Å². The lowest BCUT2D eigenvalue weighted by Crippen LogP contribution is -2.69. The highest BCUT2D eigenvalue weighted by Gasteiger charge is 2.49. The summed E-state index contributed by atoms with van der Waals surface area (Å²) >= 11 is 4.38. The molecule has 86 valence electrons. The van der Waals surface area contributed by atoms with Gasteiger partial charge >= 0.3 is 0 Å². The summed E-state index contributed by atoms with van der Waals surface area (Å²) in [5.74, 6) is 1.08. The zero-order valence-electron chi connectivity index (χ0n) is 11.1. The second kappa shape index (κ2) is 4.89. The highest BCUT2D eigenvalue weighted by Crippen LogP contribution is 2.33. The molecule has 0 atom stereocenters. The summed E-state index contributed by atoms with van der Waals surface area (Å²) in [7, 11) is -2.78. The SMILES string of the molecule is C[Si](C)(C)[Si](C)(CCCS)[Si](C)(C)C. The molecule has 0 aromatic rings. The molecular weight excluding hydrogens is 236 g/mol. The summed E-state index contributed by atoms with van der Waals surface area (Å²) in [6.45, 7) is 18.2. The zero-order valence-corrected chi connectivity index (χ0v) is 15.0. The van der Waals surface area contributed by atoms with Crippen molar-refractivity contribution < 1.29 is 0 Å². The van der Waals surface area contributed by atoms with Gasteiger partial charge in [0, 0.05) is 22.3 Å². The predicted octanol–water partition coefficient (Wildman–Crippen LogP) is 4.22. The van der Waals surface area contributed by atoms with Crippen LogP contribution in [0.3, 0.4) is 0 Å². The molecule has 0 amide bonds. The normalized spacial score (nSPS) is 14.6. The average molecular weight is 265 g/mol. The monoisotopic (exact) mass is 264 g/mol. The van der Waals surface area contributed by atoms with Crippen molar-refractivity contribution in [2.24, 2.45) is 0 Å². The molecule has 0 radical (unpaired) electrons. The summed E-state index contributed by atoms with van der Waals surface area (Å²) in [6.07, 6.45) is 1.35. The first-order valence-electron chi connectivity index (χ1n) is 5.67. The number of rotatable bonds is 5. The Bertz CT molecular complexity index is 165. The van der Waals surface area contributed by atoms with E-state index in [0.717, 1.165) is 5.75 Å². The van der Waals surface area contributed by atoms with E-state index in [2.05, 4.69) is 58.5 Å². The van der Waals surface area contributed by atoms with Gasteiger partial charge in [0.15, 0.2) is 0 Å². The van der Waals surface area contributed by atoms with Crippen molar-refractivity contribution in [3.63, 3.8) is 0 Å². The van der Waals surface area contributed by atoms with Gasteiger partial charge in [-0.15, -0.1) is 0 Å². The zero-order chi connectivity index (χ0) is 11.6. The lowest BCUT2D eigenvalue weighted by atomic mass is 10.6. The van der Waals surface area contributed by atoms with Gasteiger partial charge in [0.25, 0.3) is 0 Å². The van der Waals surface area contributed by atoms with E-state index >= 15 is 0 Å². The van der Waals surface area contributed by atoms with Crippen molar-refractivity contribution in [2.45, 2.75) is 58.3 Å². The Morgan fingerprint density at radius 3 is 1.36 bits per heavy atom. The van der Waals surface area contributed by atoms with Crippen LogP contribution in [0.25, 0.3) is 0 Å². The van der Waals surface area contributed by atoms with Crippen LogP contribution in [0.2, 0.25) is 51.9 Å². The van der Waals surface area contributed by atoms with Crippen LogP contribution in [-0.4, -0.2) is 28.0 Å². The lowest BCUT2D eigenvalue weighted by Gasteiger charge is -2.48. The molecule has 0 fully saturated rings. The fourth-order valence-electron chi connectivity index (χ4n) is 2.31. The Kier molecular flexibility index (Phi) is 5.24. The van der Waals surface area contributed by atoms with Gasteiger partial charge in [0.1, 0.15) is 0 Å². The van der Waals surface area contributed by atoms with Crippen LogP contribution in [-0.2, 0) is 0 Å². The molecule has 0 N–H and O–H groups in total. The van der Waals surface area contributed by atoms with Crippen molar-refractivity contribution >= 4 is 34.9 Å². The molecule has 4 heteroatoms. The van der Waals surface area contributed by atoms with Crippen LogP contribution in [0.5, 0.6) is 0 Å². The van der Waals surface area contributed by atoms with Gasteiger partial charge in [0.2, 0.25) is 0 Å². The standard InChI is InChI=1S/C10H28SSi3/c1-12(2,3)14(7,10-8-9-11)13(4,5)6/h11H,8-10H2,1-7H3. The fraction of sp³-hybridized carbons (Fsp3) is 1.00. The predicted molar refractivity (Wildman–Crippen MR) is 81.6 cm³/mol. The maximum Gasteiger partial charge on any atom is 0.0387 e. The Morgan fingerprint density at radius 2 is 1.14 bits per heavy atom. The quantitative estimate of drug-likeness (QED) is 0.558. The lowest BCUT2D eigenvalue weighted by molar-refractivity contribution is 1.08. The molecule has 0 unspecified atom stereocenters. The summed E-state index contributed by atoms with van der Waals surface area (Å²) in [6, 6.07) is 1.53. The van der Waals surface area contributed by atoms with Gasteiger partial charge in [0.05, 0.1) is 0 Å². The molecule has 0 aliphatic carbocycles. The van der Waals surface area contributed by atoms with Gasteiger partial charge in [-0.3, -0.25) is 0 Å². The Hall–Kier alpha value is 1.00. The molecule has 0 saturated carbocycles. The molecule has 0 aliphatic heterocycles. The number of hydrogen-bond donors (Lipinski definition) is 1. The van der Waals surface area contributed by atoms with Crippen molar-refractivity contribution in [1.82, 2.24) is 0 Å². The largest absolute Gasteiger partial charge is 0.179 e. The van der Waals surface area contributed by atoms with Crippen LogP contribution in [0, 0.1) is 0 Å². The van der Waals surface area contributed by atoms with Crippen LogP contribution in [0.15, 0.2) is 0 Å². The van der Waals surface area contributed by atoms with Gasteiger partial charge in [-0.1, -0.05) is 51.9 Å². The smallest absolute Gasteiger partial charge is 0.0387 e. The summed E-state index contributed by atoms with van der Waals surface area (Å²) in [5.41, 5.74) is 0. The summed E-state index contributed by atoms with van der Waals surface area (Å²) < 4.78 is 0. The first-order chi connectivity index (χ1) is 6.06. The van der Waals surface area contributed by atoms with Crippen LogP contribution < -0.4 is 0 Å². The van der Waals surface area contributed by atoms with Crippen molar-refractivity contribution in [2.75, 3.05) is 5.75 Å². The minimum absolute atomic E-state index is 0.917. The van der Waals surface area contributed by atoms with E-state index in [1.165, 1.54) is 12.5 Å². The van der Waals surface area contributed by atoms with Crippen molar-refractivity contribution in [3.8, 4) is 0 Å². The van der Waals surface area contributed by atoms with E-state index in [1.807, 2.05) is 0 Å². The second-order valence-corrected chi connectivity index (χ2v) is 36.4. The molecule has 0 bridgehead atoms. The van der Waals surface area contributed by atoms with Crippen molar-refractivity contribution in [1.29, 1.82) is 0 Å². The topological polar surface area (TPSA) is 0 Å². The van der Waals surface area contributed by atoms with Gasteiger partial charge < -0.3 is 0 Å². The molecule has 0 aliphatic rings. The van der Waals surface area contributed by atoms with Gasteiger partial charge in [-0.2, -0.15) is 12.6 Å². The van der Waals surface area contributed by atoms with E-state index < -0.39 is 22.3 Å². The highest BCUT2D eigenvalue weighted by atomic mass is 32.1. The van der Waals surface area contributed by atoms with Crippen molar-refractivity contribution in [3.05, 3.63) is 0 Å². The maximum atomic E-state index is 4.38. The number of hydrogen-bond acceptors (Lipinski definition) is 1. The third-order valence-electron chi connectivity index (χ3n) is 4.15. The third kappa shape index (κ3) is 3.25. The first kappa shape index (κ1) is 15.0. The molecule has 14 heavy (non-hydrogen) atoms.